The zero-order valence-corrected chi connectivity index (χ0v) is 43.9. The van der Waals surface area contributed by atoms with Gasteiger partial charge in [0.1, 0.15) is 13.2 Å². The highest BCUT2D eigenvalue weighted by Crippen LogP contribution is 2.14. The number of carbonyl (C=O) groups is 3. The zero-order chi connectivity index (χ0) is 48.6. The number of esters is 3. The number of hydrogen-bond donors (Lipinski definition) is 0. The van der Waals surface area contributed by atoms with Gasteiger partial charge in [-0.1, -0.05) is 209 Å². The predicted molar refractivity (Wildman–Crippen MR) is 288 cm³/mol. The van der Waals surface area contributed by atoms with Crippen LogP contribution in [-0.4, -0.2) is 37.2 Å². The van der Waals surface area contributed by atoms with Crippen LogP contribution in [0.2, 0.25) is 0 Å². The van der Waals surface area contributed by atoms with E-state index in [-0.39, 0.29) is 37.5 Å². The van der Waals surface area contributed by atoms with Crippen molar-refractivity contribution in [3.05, 3.63) is 85.1 Å². The lowest BCUT2D eigenvalue weighted by molar-refractivity contribution is -0.167. The largest absolute Gasteiger partial charge is 0.462 e. The normalized spacial score (nSPS) is 12.7. The first-order valence-corrected chi connectivity index (χ1v) is 28.1. The first kappa shape index (κ1) is 63.6. The van der Waals surface area contributed by atoms with E-state index in [9.17, 15) is 14.4 Å². The lowest BCUT2D eigenvalue weighted by atomic mass is 10.1. The Morgan fingerprint density at radius 3 is 0.866 bits per heavy atom. The van der Waals surface area contributed by atoms with Crippen LogP contribution in [0.25, 0.3) is 0 Å². The molecule has 0 aliphatic heterocycles. The molecule has 0 radical (unpaired) electrons. The molecular weight excluding hydrogens is 829 g/mol. The summed E-state index contributed by atoms with van der Waals surface area (Å²) in [6, 6.07) is 0. The van der Waals surface area contributed by atoms with Crippen molar-refractivity contribution in [2.75, 3.05) is 13.2 Å². The summed E-state index contributed by atoms with van der Waals surface area (Å²) in [7, 11) is 0. The van der Waals surface area contributed by atoms with Crippen molar-refractivity contribution in [1.82, 2.24) is 0 Å². The van der Waals surface area contributed by atoms with Gasteiger partial charge in [-0.05, 0) is 122 Å². The van der Waals surface area contributed by atoms with Crippen molar-refractivity contribution >= 4 is 17.9 Å². The van der Waals surface area contributed by atoms with Gasteiger partial charge in [0.05, 0.1) is 0 Å². The number of unbranched alkanes of at least 4 members (excludes halogenated alkanes) is 25. The minimum Gasteiger partial charge on any atom is -0.462 e. The van der Waals surface area contributed by atoms with Gasteiger partial charge in [0, 0.05) is 19.3 Å². The monoisotopic (exact) mass is 933 g/mol. The molecule has 1 atom stereocenters. The minimum atomic E-state index is -0.804. The smallest absolute Gasteiger partial charge is 0.306 e. The number of allylic oxidation sites excluding steroid dienone is 14. The van der Waals surface area contributed by atoms with E-state index in [0.29, 0.717) is 19.3 Å². The highest BCUT2D eigenvalue weighted by molar-refractivity contribution is 5.71. The van der Waals surface area contributed by atoms with Crippen LogP contribution in [0.3, 0.4) is 0 Å². The third kappa shape index (κ3) is 53.4. The molecule has 384 valence electrons. The van der Waals surface area contributed by atoms with Crippen LogP contribution < -0.4 is 0 Å². The molecule has 0 saturated carbocycles. The number of carbonyl (C=O) groups excluding carboxylic acids is 3. The van der Waals surface area contributed by atoms with Crippen molar-refractivity contribution in [1.29, 1.82) is 0 Å². The Morgan fingerprint density at radius 2 is 0.537 bits per heavy atom. The molecule has 0 aromatic heterocycles. The first-order chi connectivity index (χ1) is 33.0. The van der Waals surface area contributed by atoms with Crippen LogP contribution in [-0.2, 0) is 28.6 Å². The number of ether oxygens (including phenoxy) is 3. The van der Waals surface area contributed by atoms with Crippen LogP contribution in [0.4, 0.5) is 0 Å². The number of hydrogen-bond acceptors (Lipinski definition) is 6. The van der Waals surface area contributed by atoms with Crippen LogP contribution in [0, 0.1) is 0 Å². The molecule has 0 bridgehead atoms. The molecule has 0 aromatic carbocycles. The topological polar surface area (TPSA) is 78.9 Å². The summed E-state index contributed by atoms with van der Waals surface area (Å²) in [6.07, 6.45) is 71.4. The second-order valence-electron chi connectivity index (χ2n) is 18.5. The van der Waals surface area contributed by atoms with Crippen molar-refractivity contribution in [3.63, 3.8) is 0 Å². The van der Waals surface area contributed by atoms with Gasteiger partial charge in [-0.2, -0.15) is 0 Å². The number of rotatable bonds is 50. The summed E-state index contributed by atoms with van der Waals surface area (Å²) in [4.78, 5) is 38.1. The fraction of sp³-hybridized carbons (Fsp3) is 0.721. The summed E-state index contributed by atoms with van der Waals surface area (Å²) < 4.78 is 16.8. The third-order valence-electron chi connectivity index (χ3n) is 11.8. The second-order valence-corrected chi connectivity index (χ2v) is 18.5. The molecule has 0 aromatic rings. The maximum atomic E-state index is 12.8. The van der Waals surface area contributed by atoms with E-state index in [1.165, 1.54) is 122 Å². The van der Waals surface area contributed by atoms with E-state index in [0.717, 1.165) is 96.3 Å². The molecule has 67 heavy (non-hydrogen) atoms. The van der Waals surface area contributed by atoms with E-state index < -0.39 is 6.10 Å². The SMILES string of the molecule is CCCCC/C=C\C/C=C\C/C=C\CCCCC(=O)O[C@@H](COC(=O)CCCCCCC/C=C\C/C=C\CCCCC)COC(=O)CCCCCCCCCCC/C=C\C/C=C\CCCCC. The van der Waals surface area contributed by atoms with Crippen LogP contribution >= 0.6 is 0 Å². The second kappa shape index (κ2) is 55.2. The lowest BCUT2D eigenvalue weighted by Crippen LogP contribution is -2.30. The predicted octanol–water partition coefficient (Wildman–Crippen LogP) is 18.8. The van der Waals surface area contributed by atoms with E-state index in [2.05, 4.69) is 106 Å². The molecule has 6 nitrogen and oxygen atoms in total. The quantitative estimate of drug-likeness (QED) is 0.0262. The van der Waals surface area contributed by atoms with E-state index >= 15 is 0 Å². The first-order valence-electron chi connectivity index (χ1n) is 28.1. The Balaban J connectivity index is 4.45. The van der Waals surface area contributed by atoms with Gasteiger partial charge in [-0.3, -0.25) is 14.4 Å². The van der Waals surface area contributed by atoms with Crippen molar-refractivity contribution in [2.45, 2.75) is 271 Å². The summed E-state index contributed by atoms with van der Waals surface area (Å²) in [6.45, 7) is 6.52. The molecule has 0 unspecified atom stereocenters. The van der Waals surface area contributed by atoms with Crippen molar-refractivity contribution in [2.24, 2.45) is 0 Å². The van der Waals surface area contributed by atoms with Gasteiger partial charge in [0.15, 0.2) is 6.10 Å². The molecular formula is C61H104O6. The molecule has 0 saturated heterocycles. The lowest BCUT2D eigenvalue weighted by Gasteiger charge is -2.18. The molecule has 0 heterocycles. The standard InChI is InChI=1S/C61H104O6/c1-4-7-10-13-16-19-22-25-28-29-30-31-34-36-39-42-45-48-51-54-60(63)66-57-58(67-61(64)55-52-49-46-43-40-37-33-27-24-21-18-15-12-9-6-3)56-65-59(62)53-50-47-44-41-38-35-32-26-23-20-17-14-11-8-5-2/h16-21,25-28,32-33,40,43,58H,4-15,22-24,29-31,34-39,41-42,44-57H2,1-3H3/b19-16-,20-17-,21-18-,28-25-,32-26-,33-27-,43-40-/t58-/m0/s1. The molecule has 0 fully saturated rings. The molecule has 0 spiro atoms. The molecule has 0 aliphatic carbocycles. The van der Waals surface area contributed by atoms with Crippen LogP contribution in [0.15, 0.2) is 85.1 Å². The Kier molecular flexibility index (Phi) is 52.4. The summed E-state index contributed by atoms with van der Waals surface area (Å²) in [5.41, 5.74) is 0. The van der Waals surface area contributed by atoms with Crippen molar-refractivity contribution < 1.29 is 28.6 Å². The summed E-state index contributed by atoms with van der Waals surface area (Å²) >= 11 is 0. The van der Waals surface area contributed by atoms with Gasteiger partial charge in [-0.15, -0.1) is 0 Å². The van der Waals surface area contributed by atoms with Crippen LogP contribution in [0.5, 0.6) is 0 Å². The summed E-state index contributed by atoms with van der Waals surface area (Å²) in [5, 5.41) is 0. The Morgan fingerprint density at radius 1 is 0.299 bits per heavy atom. The molecule has 0 rings (SSSR count). The fourth-order valence-corrected chi connectivity index (χ4v) is 7.57. The molecule has 6 heteroatoms. The van der Waals surface area contributed by atoms with E-state index in [1.54, 1.807) is 0 Å². The molecule has 0 aliphatic rings. The van der Waals surface area contributed by atoms with Gasteiger partial charge in [-0.25, -0.2) is 0 Å². The van der Waals surface area contributed by atoms with Gasteiger partial charge < -0.3 is 14.2 Å². The Bertz CT molecular complexity index is 1300. The minimum absolute atomic E-state index is 0.0988. The van der Waals surface area contributed by atoms with E-state index in [4.69, 9.17) is 14.2 Å². The third-order valence-corrected chi connectivity index (χ3v) is 11.8. The fourth-order valence-electron chi connectivity index (χ4n) is 7.57. The highest BCUT2D eigenvalue weighted by atomic mass is 16.6. The average molecular weight is 933 g/mol. The maximum Gasteiger partial charge on any atom is 0.306 e. The van der Waals surface area contributed by atoms with Gasteiger partial charge in [0.25, 0.3) is 0 Å². The van der Waals surface area contributed by atoms with E-state index in [1.807, 2.05) is 0 Å². The van der Waals surface area contributed by atoms with Gasteiger partial charge >= 0.3 is 17.9 Å². The zero-order valence-electron chi connectivity index (χ0n) is 43.9. The molecule has 0 N–H and O–H groups in total. The van der Waals surface area contributed by atoms with Gasteiger partial charge in [0.2, 0.25) is 0 Å². The maximum absolute atomic E-state index is 12.8. The van der Waals surface area contributed by atoms with Crippen molar-refractivity contribution in [3.8, 4) is 0 Å². The Labute approximate surface area is 414 Å². The average Bonchev–Trinajstić information content (AvgIpc) is 3.33. The highest BCUT2D eigenvalue weighted by Gasteiger charge is 2.19. The Hall–Kier alpha value is -3.41. The summed E-state index contributed by atoms with van der Waals surface area (Å²) in [5.74, 6) is -0.952. The van der Waals surface area contributed by atoms with Crippen LogP contribution in [0.1, 0.15) is 265 Å². The molecule has 0 amide bonds.